The fourth-order valence-electron chi connectivity index (χ4n) is 7.03. The Labute approximate surface area is 295 Å². The standard InChI is InChI=1S/C39H37ClN8O2/c1-24-30(6-4-8-32(24)45-37-35-28(10-12-41-37)17-26(19-44-35)21-48-22-29(23-48)39(49)50)31-7-5-9-33(34(31)40)46-38-36-27(11-13-42-38)16-25(18-43-36)20-47-14-2-3-15-47/h4-13,16-19,29H,2-3,14-15,20-23H2,1H3,(H,41,45)(H,42,46)(H,49,50). The molecule has 2 aromatic carbocycles. The molecule has 0 aliphatic carbocycles. The van der Waals surface area contributed by atoms with Gasteiger partial charge in [-0.3, -0.25) is 24.6 Å². The number of fused-ring (bicyclic) bond motifs is 2. The van der Waals surface area contributed by atoms with E-state index in [4.69, 9.17) is 21.6 Å². The maximum absolute atomic E-state index is 11.2. The van der Waals surface area contributed by atoms with E-state index in [1.54, 1.807) is 6.20 Å². The monoisotopic (exact) mass is 684 g/mol. The molecule has 6 heterocycles. The number of hydrogen-bond acceptors (Lipinski definition) is 9. The SMILES string of the molecule is Cc1c(Nc2nccc3cc(CN4CC(C(=O)O)C4)cnc23)cccc1-c1cccc(Nc2nccc3cc(CN4CCCC4)cnc23)c1Cl. The molecule has 2 saturated heterocycles. The first-order valence-corrected chi connectivity index (χ1v) is 17.3. The zero-order valence-corrected chi connectivity index (χ0v) is 28.5. The Morgan fingerprint density at radius 1 is 0.780 bits per heavy atom. The average molecular weight is 685 g/mol. The molecule has 0 radical (unpaired) electrons. The molecule has 50 heavy (non-hydrogen) atoms. The van der Waals surface area contributed by atoms with Gasteiger partial charge in [0.25, 0.3) is 0 Å². The Balaban J connectivity index is 1.03. The van der Waals surface area contributed by atoms with Gasteiger partial charge < -0.3 is 15.7 Å². The van der Waals surface area contributed by atoms with E-state index >= 15 is 0 Å². The van der Waals surface area contributed by atoms with Crippen LogP contribution in [-0.2, 0) is 17.9 Å². The fraction of sp³-hybridized carbons (Fsp3) is 0.256. The van der Waals surface area contributed by atoms with E-state index in [0.29, 0.717) is 36.3 Å². The summed E-state index contributed by atoms with van der Waals surface area (Å²) < 4.78 is 0. The molecule has 3 N–H and O–H groups in total. The van der Waals surface area contributed by atoms with Crippen molar-refractivity contribution in [2.75, 3.05) is 36.8 Å². The summed E-state index contributed by atoms with van der Waals surface area (Å²) in [6.07, 6.45) is 9.91. The highest BCUT2D eigenvalue weighted by Gasteiger charge is 2.32. The number of aromatic nitrogens is 4. The van der Waals surface area contributed by atoms with E-state index in [1.165, 1.54) is 18.4 Å². The number of hydrogen-bond donors (Lipinski definition) is 3. The average Bonchev–Trinajstić information content (AvgIpc) is 3.61. The van der Waals surface area contributed by atoms with Gasteiger partial charge in [0, 0.05) is 73.0 Å². The molecule has 4 aromatic heterocycles. The Morgan fingerprint density at radius 3 is 1.96 bits per heavy atom. The van der Waals surface area contributed by atoms with Crippen LogP contribution in [0.25, 0.3) is 32.9 Å². The third-order valence-corrected chi connectivity index (χ3v) is 10.2. The van der Waals surface area contributed by atoms with Crippen LogP contribution in [0.3, 0.4) is 0 Å². The van der Waals surface area contributed by atoms with Crippen LogP contribution in [0.1, 0.15) is 29.5 Å². The summed E-state index contributed by atoms with van der Waals surface area (Å²) in [5.74, 6) is 0.299. The predicted molar refractivity (Wildman–Crippen MR) is 198 cm³/mol. The second kappa shape index (κ2) is 13.6. The molecular weight excluding hydrogens is 648 g/mol. The highest BCUT2D eigenvalue weighted by Crippen LogP contribution is 2.39. The second-order valence-electron chi connectivity index (χ2n) is 13.3. The van der Waals surface area contributed by atoms with Crippen molar-refractivity contribution in [2.24, 2.45) is 5.92 Å². The van der Waals surface area contributed by atoms with Gasteiger partial charge in [-0.05, 0) is 91.5 Å². The summed E-state index contributed by atoms with van der Waals surface area (Å²) in [5, 5.41) is 18.8. The minimum atomic E-state index is -0.733. The van der Waals surface area contributed by atoms with Crippen LogP contribution in [-0.4, -0.2) is 67.0 Å². The fourth-order valence-corrected chi connectivity index (χ4v) is 7.31. The minimum Gasteiger partial charge on any atom is -0.481 e. The van der Waals surface area contributed by atoms with E-state index in [9.17, 15) is 9.90 Å². The van der Waals surface area contributed by atoms with Gasteiger partial charge in [-0.15, -0.1) is 0 Å². The van der Waals surface area contributed by atoms with Crippen LogP contribution in [0.4, 0.5) is 23.0 Å². The van der Waals surface area contributed by atoms with Gasteiger partial charge in [0.05, 0.1) is 16.6 Å². The number of rotatable bonds is 10. The number of nitrogens with zero attached hydrogens (tertiary/aromatic N) is 6. The first kappa shape index (κ1) is 32.1. The van der Waals surface area contributed by atoms with Gasteiger partial charge in [0.2, 0.25) is 0 Å². The van der Waals surface area contributed by atoms with Crippen LogP contribution in [0.5, 0.6) is 0 Å². The summed E-state index contributed by atoms with van der Waals surface area (Å²) in [6.45, 7) is 7.06. The van der Waals surface area contributed by atoms with Gasteiger partial charge in [0.15, 0.2) is 11.6 Å². The first-order valence-electron chi connectivity index (χ1n) is 17.0. The lowest BCUT2D eigenvalue weighted by Crippen LogP contribution is -2.49. The van der Waals surface area contributed by atoms with Crippen molar-refractivity contribution < 1.29 is 9.90 Å². The van der Waals surface area contributed by atoms with Crippen LogP contribution in [0, 0.1) is 12.8 Å². The van der Waals surface area contributed by atoms with Crippen molar-refractivity contribution in [3.63, 3.8) is 0 Å². The van der Waals surface area contributed by atoms with E-state index in [1.807, 2.05) is 61.1 Å². The van der Waals surface area contributed by atoms with Gasteiger partial charge >= 0.3 is 5.97 Å². The summed E-state index contributed by atoms with van der Waals surface area (Å²) in [5.41, 5.74) is 8.35. The molecule has 6 aromatic rings. The zero-order valence-electron chi connectivity index (χ0n) is 27.7. The van der Waals surface area contributed by atoms with E-state index in [0.717, 1.165) is 75.1 Å². The van der Waals surface area contributed by atoms with Gasteiger partial charge in [-0.1, -0.05) is 35.9 Å². The number of carbonyl (C=O) groups is 1. The zero-order chi connectivity index (χ0) is 34.2. The molecule has 0 bridgehead atoms. The summed E-state index contributed by atoms with van der Waals surface area (Å²) in [4.78, 5) is 34.6. The topological polar surface area (TPSA) is 119 Å². The minimum absolute atomic E-state index is 0.285. The number of likely N-dealkylation sites (tertiary alicyclic amines) is 2. The van der Waals surface area contributed by atoms with E-state index in [2.05, 4.69) is 55.5 Å². The number of carboxylic acids is 1. The van der Waals surface area contributed by atoms with Crippen LogP contribution >= 0.6 is 11.6 Å². The second-order valence-corrected chi connectivity index (χ2v) is 13.6. The number of pyridine rings is 4. The van der Waals surface area contributed by atoms with E-state index < -0.39 is 5.97 Å². The summed E-state index contributed by atoms with van der Waals surface area (Å²) in [6, 6.07) is 20.3. The molecule has 11 heteroatoms. The lowest BCUT2D eigenvalue weighted by atomic mass is 9.98. The molecule has 2 aliphatic heterocycles. The molecule has 252 valence electrons. The third kappa shape index (κ3) is 6.45. The molecular formula is C39H37ClN8O2. The van der Waals surface area contributed by atoms with Crippen molar-refractivity contribution in [3.05, 3.63) is 107 Å². The van der Waals surface area contributed by atoms with Crippen LogP contribution < -0.4 is 10.6 Å². The molecule has 0 unspecified atom stereocenters. The Hall–Kier alpha value is -5.16. The normalized spacial score (nSPS) is 15.4. The Bertz CT molecular complexity index is 2230. The molecule has 0 amide bonds. The molecule has 0 saturated carbocycles. The van der Waals surface area contributed by atoms with Crippen molar-refractivity contribution >= 4 is 62.4 Å². The molecule has 10 nitrogen and oxygen atoms in total. The lowest BCUT2D eigenvalue weighted by Gasteiger charge is -2.36. The maximum atomic E-state index is 11.2. The quantitative estimate of drug-likeness (QED) is 0.132. The Morgan fingerprint density at radius 2 is 1.34 bits per heavy atom. The number of aliphatic carboxylic acids is 1. The molecule has 2 fully saturated rings. The lowest BCUT2D eigenvalue weighted by molar-refractivity contribution is -0.147. The number of nitrogens with one attached hydrogen (secondary N) is 2. The van der Waals surface area contributed by atoms with Gasteiger partial charge in [-0.25, -0.2) is 9.97 Å². The van der Waals surface area contributed by atoms with Crippen molar-refractivity contribution in [2.45, 2.75) is 32.9 Å². The summed E-state index contributed by atoms with van der Waals surface area (Å²) in [7, 11) is 0. The third-order valence-electron chi connectivity index (χ3n) is 9.76. The Kier molecular flexibility index (Phi) is 8.74. The van der Waals surface area contributed by atoms with Gasteiger partial charge in [0.1, 0.15) is 11.0 Å². The maximum Gasteiger partial charge on any atom is 0.309 e. The van der Waals surface area contributed by atoms with Gasteiger partial charge in [-0.2, -0.15) is 0 Å². The highest BCUT2D eigenvalue weighted by molar-refractivity contribution is 6.36. The van der Waals surface area contributed by atoms with E-state index in [-0.39, 0.29) is 5.92 Å². The molecule has 0 spiro atoms. The molecule has 8 rings (SSSR count). The van der Waals surface area contributed by atoms with Crippen LogP contribution in [0.15, 0.2) is 85.5 Å². The number of anilines is 4. The number of benzene rings is 2. The van der Waals surface area contributed by atoms with Crippen molar-refractivity contribution in [1.29, 1.82) is 0 Å². The number of halogens is 1. The van der Waals surface area contributed by atoms with Crippen molar-refractivity contribution in [3.8, 4) is 11.1 Å². The molecule has 2 aliphatic rings. The molecule has 0 atom stereocenters. The first-order chi connectivity index (χ1) is 24.4. The predicted octanol–water partition coefficient (Wildman–Crippen LogP) is 7.80. The highest BCUT2D eigenvalue weighted by atomic mass is 35.5. The summed E-state index contributed by atoms with van der Waals surface area (Å²) >= 11 is 7.12. The number of carboxylic acid groups (broad SMARTS) is 1. The largest absolute Gasteiger partial charge is 0.481 e. The van der Waals surface area contributed by atoms with Crippen LogP contribution in [0.2, 0.25) is 5.02 Å². The van der Waals surface area contributed by atoms with Crippen molar-refractivity contribution in [1.82, 2.24) is 29.7 Å². The smallest absolute Gasteiger partial charge is 0.309 e.